The van der Waals surface area contributed by atoms with Crippen LogP contribution in [0, 0.1) is 5.92 Å². The minimum atomic E-state index is -0.942. The van der Waals surface area contributed by atoms with Gasteiger partial charge in [-0.3, -0.25) is 14.6 Å². The van der Waals surface area contributed by atoms with E-state index in [1.165, 1.54) is 0 Å². The Hall–Kier alpha value is -3.52. The van der Waals surface area contributed by atoms with Crippen LogP contribution < -0.4 is 15.9 Å². The monoisotopic (exact) mass is 451 g/mol. The van der Waals surface area contributed by atoms with Crippen LogP contribution >= 0.6 is 0 Å². The number of H-pyrrole nitrogens is 1. The van der Waals surface area contributed by atoms with E-state index in [1.54, 1.807) is 5.48 Å². The van der Waals surface area contributed by atoms with E-state index in [0.717, 1.165) is 53.7 Å². The number of benzene rings is 2. The highest BCUT2D eigenvalue weighted by Crippen LogP contribution is 2.35. The first kappa shape index (κ1) is 22.7. The summed E-state index contributed by atoms with van der Waals surface area (Å²) >= 11 is 0. The van der Waals surface area contributed by atoms with Gasteiger partial charge in [0.25, 0.3) is 5.91 Å². The number of nitrogens with one attached hydrogen (secondary N) is 2. The van der Waals surface area contributed by atoms with Crippen molar-refractivity contribution in [3.05, 3.63) is 76.3 Å². The highest BCUT2D eigenvalue weighted by Gasteiger charge is 2.34. The van der Waals surface area contributed by atoms with Gasteiger partial charge in [-0.15, -0.1) is 0 Å². The Labute approximate surface area is 191 Å². The van der Waals surface area contributed by atoms with Crippen LogP contribution in [0.4, 0.5) is 0 Å². The number of para-hydroxylation sites is 1. The normalized spacial score (nSPS) is 15.2. The van der Waals surface area contributed by atoms with Crippen molar-refractivity contribution in [2.24, 2.45) is 5.92 Å². The third kappa shape index (κ3) is 5.28. The van der Waals surface area contributed by atoms with Gasteiger partial charge in [0.05, 0.1) is 5.69 Å². The van der Waals surface area contributed by atoms with Gasteiger partial charge < -0.3 is 14.8 Å². The average Bonchev–Trinajstić information content (AvgIpc) is 3.13. The fraction of sp³-hybridized carbons (Fsp3) is 0.360. The summed E-state index contributed by atoms with van der Waals surface area (Å²) in [4.78, 5) is 27.8. The second-order valence-corrected chi connectivity index (χ2v) is 8.48. The zero-order valence-electron chi connectivity index (χ0n) is 18.4. The Bertz CT molecular complexity index is 1120. The molecule has 1 amide bonds. The standard InChI is InChI=1S/C25H29N3O5/c29-23(27-32)22(18-7-3-1-4-8-18)28-24(30)21(26-25(28)31)16-13-17-11-14-20(15-12-17)33-19-9-5-2-6-10-19/h2,5-6,9-12,14-15,18,22,30,32H,1,3-4,7-8,13,16H2,(H,26,31)(H,27,29). The topological polar surface area (TPSA) is 117 Å². The van der Waals surface area contributed by atoms with Crippen LogP contribution in [0.1, 0.15) is 49.4 Å². The SMILES string of the molecule is O=C(NO)C(C1CCCCC1)n1c(O)c(CCc2ccc(Oc3ccccc3)cc2)[nH]c1=O. The van der Waals surface area contributed by atoms with Crippen molar-refractivity contribution in [3.8, 4) is 17.4 Å². The van der Waals surface area contributed by atoms with Crippen LogP contribution in [0.2, 0.25) is 0 Å². The lowest BCUT2D eigenvalue weighted by molar-refractivity contribution is -0.135. The second kappa shape index (κ2) is 10.4. The number of amides is 1. The van der Waals surface area contributed by atoms with Crippen LogP contribution in [-0.4, -0.2) is 25.8 Å². The summed E-state index contributed by atoms with van der Waals surface area (Å²) in [6.07, 6.45) is 5.50. The predicted molar refractivity (Wildman–Crippen MR) is 123 cm³/mol. The number of carbonyl (C=O) groups is 1. The number of nitrogens with zero attached hydrogens (tertiary/aromatic N) is 1. The van der Waals surface area contributed by atoms with Gasteiger partial charge in [0.15, 0.2) is 0 Å². The summed E-state index contributed by atoms with van der Waals surface area (Å²) in [7, 11) is 0. The highest BCUT2D eigenvalue weighted by atomic mass is 16.5. The molecule has 2 aromatic carbocycles. The molecule has 1 aromatic heterocycles. The molecule has 0 radical (unpaired) electrons. The van der Waals surface area contributed by atoms with Crippen molar-refractivity contribution >= 4 is 5.91 Å². The number of hydroxylamine groups is 1. The molecule has 1 heterocycles. The van der Waals surface area contributed by atoms with Gasteiger partial charge in [0.2, 0.25) is 5.88 Å². The Morgan fingerprint density at radius 2 is 1.70 bits per heavy atom. The number of ether oxygens (including phenoxy) is 1. The van der Waals surface area contributed by atoms with Crippen LogP contribution in [-0.2, 0) is 17.6 Å². The number of aryl methyl sites for hydroxylation is 2. The van der Waals surface area contributed by atoms with E-state index >= 15 is 0 Å². The number of imidazole rings is 1. The Kier molecular flexibility index (Phi) is 7.14. The van der Waals surface area contributed by atoms with E-state index in [4.69, 9.17) is 4.74 Å². The molecular weight excluding hydrogens is 422 g/mol. The summed E-state index contributed by atoms with van der Waals surface area (Å²) in [5.74, 6) is 0.434. The molecule has 1 unspecified atom stereocenters. The largest absolute Gasteiger partial charge is 0.493 e. The first-order valence-electron chi connectivity index (χ1n) is 11.3. The lowest BCUT2D eigenvalue weighted by Crippen LogP contribution is -2.39. The van der Waals surface area contributed by atoms with Gasteiger partial charge in [0, 0.05) is 0 Å². The maximum atomic E-state index is 12.7. The number of hydrogen-bond acceptors (Lipinski definition) is 5. The minimum absolute atomic E-state index is 0.115. The average molecular weight is 452 g/mol. The van der Waals surface area contributed by atoms with E-state index in [-0.39, 0.29) is 11.8 Å². The van der Waals surface area contributed by atoms with E-state index < -0.39 is 17.6 Å². The number of hydrogen-bond donors (Lipinski definition) is 4. The van der Waals surface area contributed by atoms with Crippen LogP contribution in [0.5, 0.6) is 17.4 Å². The molecule has 33 heavy (non-hydrogen) atoms. The molecule has 0 saturated heterocycles. The van der Waals surface area contributed by atoms with Gasteiger partial charge in [0.1, 0.15) is 17.5 Å². The third-order valence-corrected chi connectivity index (χ3v) is 6.29. The molecule has 1 aliphatic rings. The quantitative estimate of drug-likeness (QED) is 0.304. The molecule has 8 heteroatoms. The maximum absolute atomic E-state index is 12.7. The molecule has 174 valence electrons. The number of rotatable bonds is 8. The lowest BCUT2D eigenvalue weighted by Gasteiger charge is -2.29. The first-order valence-corrected chi connectivity index (χ1v) is 11.3. The summed E-state index contributed by atoms with van der Waals surface area (Å²) in [6, 6.07) is 16.2. The van der Waals surface area contributed by atoms with Crippen molar-refractivity contribution in [1.29, 1.82) is 0 Å². The third-order valence-electron chi connectivity index (χ3n) is 6.29. The van der Waals surface area contributed by atoms with Crippen LogP contribution in [0.15, 0.2) is 59.4 Å². The zero-order valence-corrected chi connectivity index (χ0v) is 18.4. The fourth-order valence-corrected chi connectivity index (χ4v) is 4.60. The molecule has 0 spiro atoms. The highest BCUT2D eigenvalue weighted by molar-refractivity contribution is 5.79. The van der Waals surface area contributed by atoms with Crippen molar-refractivity contribution in [2.45, 2.75) is 51.0 Å². The van der Waals surface area contributed by atoms with Gasteiger partial charge in [-0.2, -0.15) is 0 Å². The van der Waals surface area contributed by atoms with E-state index in [2.05, 4.69) is 4.98 Å². The Morgan fingerprint density at radius 3 is 2.36 bits per heavy atom. The van der Waals surface area contributed by atoms with Gasteiger partial charge in [-0.25, -0.2) is 10.3 Å². The molecule has 1 aliphatic carbocycles. The molecule has 0 bridgehead atoms. The number of carbonyl (C=O) groups excluding carboxylic acids is 1. The van der Waals surface area contributed by atoms with Gasteiger partial charge in [-0.1, -0.05) is 49.6 Å². The Balaban J connectivity index is 1.46. The predicted octanol–water partition coefficient (Wildman–Crippen LogP) is 4.09. The van der Waals surface area contributed by atoms with E-state index in [9.17, 15) is 19.9 Å². The summed E-state index contributed by atoms with van der Waals surface area (Å²) < 4.78 is 6.89. The van der Waals surface area contributed by atoms with Crippen molar-refractivity contribution < 1.29 is 19.8 Å². The fourth-order valence-electron chi connectivity index (χ4n) is 4.60. The molecule has 1 atom stereocenters. The van der Waals surface area contributed by atoms with Crippen LogP contribution in [0.3, 0.4) is 0 Å². The molecule has 0 aliphatic heterocycles. The van der Waals surface area contributed by atoms with Crippen molar-refractivity contribution in [1.82, 2.24) is 15.0 Å². The van der Waals surface area contributed by atoms with Gasteiger partial charge >= 0.3 is 5.69 Å². The molecule has 4 rings (SSSR count). The molecule has 3 aromatic rings. The molecule has 8 nitrogen and oxygen atoms in total. The van der Waals surface area contributed by atoms with E-state index in [1.807, 2.05) is 54.6 Å². The number of aromatic hydroxyl groups is 1. The Morgan fingerprint density at radius 1 is 1.03 bits per heavy atom. The van der Waals surface area contributed by atoms with Crippen LogP contribution in [0.25, 0.3) is 0 Å². The number of aromatic nitrogens is 2. The molecular formula is C25H29N3O5. The lowest BCUT2D eigenvalue weighted by atomic mass is 9.83. The smallest absolute Gasteiger partial charge is 0.329 e. The zero-order chi connectivity index (χ0) is 23.2. The molecule has 1 saturated carbocycles. The van der Waals surface area contributed by atoms with E-state index in [0.29, 0.717) is 18.5 Å². The minimum Gasteiger partial charge on any atom is -0.493 e. The summed E-state index contributed by atoms with van der Waals surface area (Å²) in [6.45, 7) is 0. The number of aromatic amines is 1. The maximum Gasteiger partial charge on any atom is 0.329 e. The van der Waals surface area contributed by atoms with Crippen molar-refractivity contribution in [3.63, 3.8) is 0 Å². The molecule has 1 fully saturated rings. The first-order chi connectivity index (χ1) is 16.1. The summed E-state index contributed by atoms with van der Waals surface area (Å²) in [5, 5.41) is 20.0. The summed E-state index contributed by atoms with van der Waals surface area (Å²) in [5.41, 5.74) is 2.51. The molecule has 4 N–H and O–H groups in total. The second-order valence-electron chi connectivity index (χ2n) is 8.48. The van der Waals surface area contributed by atoms with Gasteiger partial charge in [-0.05, 0) is 61.4 Å². The van der Waals surface area contributed by atoms with Crippen molar-refractivity contribution in [2.75, 3.05) is 0 Å².